The van der Waals surface area contributed by atoms with Gasteiger partial charge in [0, 0.05) is 23.3 Å². The van der Waals surface area contributed by atoms with Gasteiger partial charge in [-0.05, 0) is 48.5 Å². The number of aromatic nitrogens is 2. The van der Waals surface area contributed by atoms with Crippen LogP contribution in [-0.2, 0) is 10.1 Å². The number of hydrogen-bond acceptors (Lipinski definition) is 6. The summed E-state index contributed by atoms with van der Waals surface area (Å²) in [7, 11) is -4.36. The van der Waals surface area contributed by atoms with E-state index in [9.17, 15) is 23.3 Å². The number of non-ortho nitro benzene ring substituents is 1. The lowest BCUT2D eigenvalue weighted by molar-refractivity contribution is -0.384. The van der Waals surface area contributed by atoms with Crippen LogP contribution in [0, 0.1) is 10.1 Å². The number of para-hydroxylation sites is 2. The van der Waals surface area contributed by atoms with Crippen LogP contribution in [0.25, 0.3) is 22.4 Å². The second kappa shape index (κ2) is 7.17. The van der Waals surface area contributed by atoms with E-state index in [2.05, 4.69) is 4.98 Å². The maximum absolute atomic E-state index is 13.2. The molecule has 0 fully saturated rings. The van der Waals surface area contributed by atoms with Crippen molar-refractivity contribution in [1.82, 2.24) is 9.55 Å². The van der Waals surface area contributed by atoms with Crippen molar-refractivity contribution >= 4 is 32.7 Å². The Morgan fingerprint density at radius 1 is 0.967 bits per heavy atom. The average Bonchev–Trinajstić information content (AvgIpc) is 3.12. The summed E-state index contributed by atoms with van der Waals surface area (Å²) in [6.07, 6.45) is 0. The number of carbonyl (C=O) groups is 1. The normalized spacial score (nSPS) is 11.5. The topological polar surface area (TPSA) is 132 Å². The summed E-state index contributed by atoms with van der Waals surface area (Å²) in [6, 6.07) is 17.5. The fourth-order valence-electron chi connectivity index (χ4n) is 3.06. The lowest BCUT2D eigenvalue weighted by atomic mass is 10.1. The number of nitro benzene ring substituents is 1. The van der Waals surface area contributed by atoms with Crippen molar-refractivity contribution in [2.45, 2.75) is 4.90 Å². The van der Waals surface area contributed by atoms with E-state index in [1.54, 1.807) is 24.3 Å². The molecule has 0 amide bonds. The Labute approximate surface area is 170 Å². The molecule has 1 aromatic heterocycles. The highest BCUT2D eigenvalue weighted by molar-refractivity contribution is 7.85. The highest BCUT2D eigenvalue weighted by Crippen LogP contribution is 2.27. The Morgan fingerprint density at radius 2 is 1.60 bits per heavy atom. The summed E-state index contributed by atoms with van der Waals surface area (Å²) < 4.78 is 33.1. The molecule has 9 nitrogen and oxygen atoms in total. The zero-order valence-corrected chi connectivity index (χ0v) is 16.0. The van der Waals surface area contributed by atoms with Crippen LogP contribution in [0.3, 0.4) is 0 Å². The number of benzene rings is 3. The first-order chi connectivity index (χ1) is 14.3. The third-order valence-electron chi connectivity index (χ3n) is 4.50. The van der Waals surface area contributed by atoms with Gasteiger partial charge in [0.2, 0.25) is 0 Å². The quantitative estimate of drug-likeness (QED) is 0.301. The molecule has 4 rings (SSSR count). The molecule has 0 atom stereocenters. The average molecular weight is 423 g/mol. The molecule has 0 aliphatic rings. The highest BCUT2D eigenvalue weighted by Gasteiger charge is 2.21. The monoisotopic (exact) mass is 423 g/mol. The van der Waals surface area contributed by atoms with Crippen molar-refractivity contribution in [2.75, 3.05) is 0 Å². The number of fused-ring (bicyclic) bond motifs is 1. The second-order valence-corrected chi connectivity index (χ2v) is 7.79. The third kappa shape index (κ3) is 3.45. The molecule has 0 radical (unpaired) electrons. The summed E-state index contributed by atoms with van der Waals surface area (Å²) in [5.41, 5.74) is 1.60. The van der Waals surface area contributed by atoms with Gasteiger partial charge in [-0.25, -0.2) is 4.98 Å². The van der Waals surface area contributed by atoms with E-state index in [-0.39, 0.29) is 22.0 Å². The first kappa shape index (κ1) is 19.4. The van der Waals surface area contributed by atoms with E-state index in [4.69, 9.17) is 4.55 Å². The molecule has 0 saturated carbocycles. The van der Waals surface area contributed by atoms with Crippen LogP contribution in [0.1, 0.15) is 10.4 Å². The van der Waals surface area contributed by atoms with E-state index >= 15 is 0 Å². The van der Waals surface area contributed by atoms with Gasteiger partial charge in [-0.15, -0.1) is 0 Å². The largest absolute Gasteiger partial charge is 0.294 e. The van der Waals surface area contributed by atoms with E-state index in [0.717, 1.165) is 0 Å². The molecular weight excluding hydrogens is 410 g/mol. The molecule has 0 bridgehead atoms. The number of hydrogen-bond donors (Lipinski definition) is 1. The maximum Gasteiger partial charge on any atom is 0.294 e. The van der Waals surface area contributed by atoms with Gasteiger partial charge in [-0.1, -0.05) is 12.1 Å². The zero-order valence-electron chi connectivity index (χ0n) is 15.2. The first-order valence-electron chi connectivity index (χ1n) is 8.60. The lowest BCUT2D eigenvalue weighted by Gasteiger charge is -2.09. The van der Waals surface area contributed by atoms with Gasteiger partial charge in [-0.2, -0.15) is 8.42 Å². The number of nitrogens with zero attached hydrogens (tertiary/aromatic N) is 3. The Kier molecular flexibility index (Phi) is 4.65. The molecule has 4 aromatic rings. The minimum atomic E-state index is -4.36. The molecule has 10 heteroatoms. The van der Waals surface area contributed by atoms with Crippen LogP contribution in [0.2, 0.25) is 0 Å². The molecule has 0 aliphatic carbocycles. The molecule has 0 unspecified atom stereocenters. The van der Waals surface area contributed by atoms with Gasteiger partial charge < -0.3 is 0 Å². The summed E-state index contributed by atoms with van der Waals surface area (Å²) in [5, 5.41) is 10.9. The Bertz CT molecular complexity index is 1390. The summed E-state index contributed by atoms with van der Waals surface area (Å²) in [5.74, 6) is -0.186. The Hall–Kier alpha value is -3.89. The smallest absolute Gasteiger partial charge is 0.282 e. The summed E-state index contributed by atoms with van der Waals surface area (Å²) >= 11 is 0. The van der Waals surface area contributed by atoms with Crippen LogP contribution in [0.15, 0.2) is 77.7 Å². The molecule has 30 heavy (non-hydrogen) atoms. The Balaban J connectivity index is 1.87. The van der Waals surface area contributed by atoms with E-state index in [1.807, 2.05) is 0 Å². The standard InChI is InChI=1S/C20H13N3O6S/c24-20(14-5-9-15(10-6-14)23(25)26)22-18-4-2-1-3-17(18)21-19(22)13-7-11-16(12-8-13)30(27,28)29/h1-12H,(H,27,28,29). The molecule has 0 spiro atoms. The third-order valence-corrected chi connectivity index (χ3v) is 5.37. The molecular formula is C20H13N3O6S. The fraction of sp³-hybridized carbons (Fsp3) is 0. The van der Waals surface area contributed by atoms with Crippen LogP contribution < -0.4 is 0 Å². The molecule has 0 aliphatic heterocycles. The highest BCUT2D eigenvalue weighted by atomic mass is 32.2. The van der Waals surface area contributed by atoms with Gasteiger partial charge in [0.1, 0.15) is 5.82 Å². The first-order valence-corrected chi connectivity index (χ1v) is 10.0. The number of nitro groups is 1. The summed E-state index contributed by atoms with van der Waals surface area (Å²) in [6.45, 7) is 0. The SMILES string of the molecule is O=C(c1ccc([N+](=O)[O-])cc1)n1c(-c2ccc(S(=O)(=O)O)cc2)nc2ccccc21. The van der Waals surface area contributed by atoms with Crippen molar-refractivity contribution in [3.05, 3.63) is 88.5 Å². The Morgan fingerprint density at radius 3 is 2.20 bits per heavy atom. The summed E-state index contributed by atoms with van der Waals surface area (Å²) in [4.78, 5) is 27.8. The van der Waals surface area contributed by atoms with E-state index in [1.165, 1.54) is 53.1 Å². The van der Waals surface area contributed by atoms with Crippen molar-refractivity contribution < 1.29 is 22.7 Å². The van der Waals surface area contributed by atoms with E-state index < -0.39 is 20.9 Å². The second-order valence-electron chi connectivity index (χ2n) is 6.37. The van der Waals surface area contributed by atoms with Crippen LogP contribution >= 0.6 is 0 Å². The molecule has 1 N–H and O–H groups in total. The van der Waals surface area contributed by atoms with Gasteiger partial charge >= 0.3 is 0 Å². The van der Waals surface area contributed by atoms with Crippen molar-refractivity contribution in [3.8, 4) is 11.4 Å². The van der Waals surface area contributed by atoms with Crippen LogP contribution in [0.5, 0.6) is 0 Å². The minimum absolute atomic E-state index is 0.136. The van der Waals surface area contributed by atoms with E-state index in [0.29, 0.717) is 16.6 Å². The van der Waals surface area contributed by atoms with Crippen LogP contribution in [-0.4, -0.2) is 33.4 Å². The molecule has 3 aromatic carbocycles. The molecule has 1 heterocycles. The van der Waals surface area contributed by atoms with Crippen molar-refractivity contribution in [1.29, 1.82) is 0 Å². The van der Waals surface area contributed by atoms with Crippen molar-refractivity contribution in [2.24, 2.45) is 0 Å². The zero-order chi connectivity index (χ0) is 21.5. The fourth-order valence-corrected chi connectivity index (χ4v) is 3.54. The van der Waals surface area contributed by atoms with Gasteiger partial charge in [-0.3, -0.25) is 24.0 Å². The van der Waals surface area contributed by atoms with Gasteiger partial charge in [0.15, 0.2) is 0 Å². The number of rotatable bonds is 4. The van der Waals surface area contributed by atoms with Gasteiger partial charge in [0.05, 0.1) is 20.9 Å². The minimum Gasteiger partial charge on any atom is -0.282 e. The number of carbonyl (C=O) groups excluding carboxylic acids is 1. The molecule has 150 valence electrons. The van der Waals surface area contributed by atoms with Gasteiger partial charge in [0.25, 0.3) is 21.7 Å². The van der Waals surface area contributed by atoms with Crippen LogP contribution in [0.4, 0.5) is 5.69 Å². The lowest BCUT2D eigenvalue weighted by Crippen LogP contribution is -2.13. The maximum atomic E-state index is 13.2. The predicted octanol–water partition coefficient (Wildman–Crippen LogP) is 3.55. The molecule has 0 saturated heterocycles. The predicted molar refractivity (Wildman–Crippen MR) is 108 cm³/mol. The number of imidazole rings is 1. The van der Waals surface area contributed by atoms with Crippen molar-refractivity contribution in [3.63, 3.8) is 0 Å².